The van der Waals surface area contributed by atoms with E-state index in [0.29, 0.717) is 16.1 Å². The number of benzene rings is 2. The first-order chi connectivity index (χ1) is 9.32. The van der Waals surface area contributed by atoms with Crippen LogP contribution in [-0.4, -0.2) is 0 Å². The number of halogens is 1. The van der Waals surface area contributed by atoms with Gasteiger partial charge in [-0.25, -0.2) is 0 Å². The lowest BCUT2D eigenvalue weighted by Crippen LogP contribution is -2.26. The Kier molecular flexibility index (Phi) is 3.18. The summed E-state index contributed by atoms with van der Waals surface area (Å²) in [4.78, 5) is 0. The van der Waals surface area contributed by atoms with Crippen LogP contribution < -0.4 is 16.1 Å². The fourth-order valence-corrected chi connectivity index (χ4v) is 4.59. The summed E-state index contributed by atoms with van der Waals surface area (Å²) in [6.45, 7) is 0. The second-order valence-electron chi connectivity index (χ2n) is 4.21. The van der Waals surface area contributed by atoms with Gasteiger partial charge in [-0.05, 0) is 34.5 Å². The fraction of sp³-hybridized carbons (Fsp3) is 0. The molecular formula is C16H13FOP+. The van der Waals surface area contributed by atoms with Gasteiger partial charge in [0, 0.05) is 6.07 Å². The number of furan rings is 1. The Morgan fingerprint density at radius 1 is 0.684 bits per heavy atom. The molecule has 0 amide bonds. The van der Waals surface area contributed by atoms with Crippen LogP contribution in [0, 0.1) is 0 Å². The van der Waals surface area contributed by atoms with E-state index in [-0.39, 0.29) is 0 Å². The minimum atomic E-state index is -3.15. The third-order valence-corrected chi connectivity index (χ3v) is 5.92. The molecule has 0 unspecified atom stereocenters. The average molecular weight is 271 g/mol. The van der Waals surface area contributed by atoms with Gasteiger partial charge in [-0.15, -0.1) is 0 Å². The molecule has 2 aromatic carbocycles. The molecule has 0 saturated carbocycles. The first-order valence-electron chi connectivity index (χ1n) is 6.06. The summed E-state index contributed by atoms with van der Waals surface area (Å²) in [5.74, 6) is 0. The molecule has 0 radical (unpaired) electrons. The predicted octanol–water partition coefficient (Wildman–Crippen LogP) is 3.46. The Labute approximate surface area is 112 Å². The molecule has 0 aliphatic carbocycles. The van der Waals surface area contributed by atoms with Crippen LogP contribution >= 0.6 is 7.57 Å². The van der Waals surface area contributed by atoms with E-state index in [2.05, 4.69) is 0 Å². The molecule has 0 spiro atoms. The third kappa shape index (κ3) is 2.09. The smallest absolute Gasteiger partial charge is 0.335 e. The van der Waals surface area contributed by atoms with Crippen molar-refractivity contribution in [2.45, 2.75) is 0 Å². The van der Waals surface area contributed by atoms with Crippen LogP contribution in [0.15, 0.2) is 83.5 Å². The largest absolute Gasteiger partial charge is 0.432 e. The van der Waals surface area contributed by atoms with Crippen LogP contribution in [0.2, 0.25) is 0 Å². The summed E-state index contributed by atoms with van der Waals surface area (Å²) >= 11 is 0. The van der Waals surface area contributed by atoms with Crippen molar-refractivity contribution in [3.63, 3.8) is 0 Å². The Hall–Kier alpha value is -1.92. The molecule has 0 aliphatic rings. The van der Waals surface area contributed by atoms with Gasteiger partial charge in [-0.3, -0.25) is 0 Å². The first kappa shape index (κ1) is 12.1. The first-order valence-corrected chi connectivity index (χ1v) is 7.74. The molecule has 3 aromatic rings. The maximum Gasteiger partial charge on any atom is 0.335 e. The van der Waals surface area contributed by atoms with Crippen molar-refractivity contribution < 1.29 is 8.61 Å². The molecule has 1 nitrogen and oxygen atoms in total. The van der Waals surface area contributed by atoms with E-state index in [4.69, 9.17) is 4.42 Å². The van der Waals surface area contributed by atoms with Crippen molar-refractivity contribution in [1.29, 1.82) is 0 Å². The molecule has 19 heavy (non-hydrogen) atoms. The zero-order chi connectivity index (χ0) is 13.1. The normalized spacial score (nSPS) is 11.4. The SMILES string of the molecule is F[P+](c1ccccc1)(c1ccccc1)c1ccco1. The molecule has 0 atom stereocenters. The van der Waals surface area contributed by atoms with Gasteiger partial charge in [-0.1, -0.05) is 36.4 Å². The molecule has 0 bridgehead atoms. The number of hydrogen-bond acceptors (Lipinski definition) is 1. The molecule has 1 heterocycles. The highest BCUT2D eigenvalue weighted by molar-refractivity contribution is 7.91. The topological polar surface area (TPSA) is 13.1 Å². The maximum absolute atomic E-state index is 15.8. The molecule has 3 heteroatoms. The van der Waals surface area contributed by atoms with Crippen molar-refractivity contribution in [3.8, 4) is 0 Å². The van der Waals surface area contributed by atoms with Gasteiger partial charge in [0.05, 0.1) is 6.26 Å². The highest BCUT2D eigenvalue weighted by Crippen LogP contribution is 2.56. The summed E-state index contributed by atoms with van der Waals surface area (Å²) in [5.41, 5.74) is 0.407. The van der Waals surface area contributed by atoms with Crippen molar-refractivity contribution in [1.82, 2.24) is 0 Å². The Morgan fingerprint density at radius 3 is 1.63 bits per heavy atom. The molecule has 1 aromatic heterocycles. The van der Waals surface area contributed by atoms with E-state index in [1.54, 1.807) is 12.1 Å². The Morgan fingerprint density at radius 2 is 1.21 bits per heavy atom. The maximum atomic E-state index is 15.8. The molecule has 3 rings (SSSR count). The van der Waals surface area contributed by atoms with E-state index in [0.717, 1.165) is 0 Å². The Balaban J connectivity index is 2.23. The van der Waals surface area contributed by atoms with Gasteiger partial charge >= 0.3 is 7.57 Å². The number of hydrogen-bond donors (Lipinski definition) is 0. The van der Waals surface area contributed by atoms with E-state index in [1.807, 2.05) is 60.7 Å². The van der Waals surface area contributed by atoms with Crippen LogP contribution in [0.4, 0.5) is 4.20 Å². The minimum Gasteiger partial charge on any atom is -0.432 e. The average Bonchev–Trinajstić information content (AvgIpc) is 3.03. The lowest BCUT2D eigenvalue weighted by Gasteiger charge is -2.13. The van der Waals surface area contributed by atoms with Gasteiger partial charge in [0.25, 0.3) is 5.50 Å². The highest BCUT2D eigenvalue weighted by atomic mass is 31.2. The second kappa shape index (κ2) is 4.99. The van der Waals surface area contributed by atoms with Crippen LogP contribution in [0.25, 0.3) is 0 Å². The monoisotopic (exact) mass is 271 g/mol. The van der Waals surface area contributed by atoms with E-state index < -0.39 is 7.57 Å². The van der Waals surface area contributed by atoms with Crippen molar-refractivity contribution in [2.75, 3.05) is 0 Å². The predicted molar refractivity (Wildman–Crippen MR) is 78.5 cm³/mol. The zero-order valence-electron chi connectivity index (χ0n) is 10.2. The van der Waals surface area contributed by atoms with Crippen molar-refractivity contribution >= 4 is 23.7 Å². The lowest BCUT2D eigenvalue weighted by atomic mass is 10.4. The van der Waals surface area contributed by atoms with Gasteiger partial charge in [0.2, 0.25) is 0 Å². The summed E-state index contributed by atoms with van der Waals surface area (Å²) in [5, 5.41) is 1.35. The van der Waals surface area contributed by atoms with Crippen molar-refractivity contribution in [2.24, 2.45) is 0 Å². The zero-order valence-corrected chi connectivity index (χ0v) is 11.1. The summed E-state index contributed by atoms with van der Waals surface area (Å²) in [6, 6.07) is 21.9. The second-order valence-corrected chi connectivity index (χ2v) is 6.86. The molecule has 94 valence electrons. The molecule has 0 saturated heterocycles. The summed E-state index contributed by atoms with van der Waals surface area (Å²) in [6.07, 6.45) is 1.52. The molecule has 0 aliphatic heterocycles. The lowest BCUT2D eigenvalue weighted by molar-refractivity contribution is 0.597. The van der Waals surface area contributed by atoms with E-state index >= 15 is 4.20 Å². The molecular weight excluding hydrogens is 258 g/mol. The highest BCUT2D eigenvalue weighted by Gasteiger charge is 2.50. The van der Waals surface area contributed by atoms with Crippen LogP contribution in [-0.2, 0) is 0 Å². The molecule has 0 N–H and O–H groups in total. The Bertz CT molecular complexity index is 596. The van der Waals surface area contributed by atoms with Gasteiger partial charge < -0.3 is 4.42 Å². The summed E-state index contributed by atoms with van der Waals surface area (Å²) < 4.78 is 21.2. The minimum absolute atomic E-state index is 0.407. The third-order valence-electron chi connectivity index (χ3n) is 3.03. The van der Waals surface area contributed by atoms with Gasteiger partial charge in [-0.2, -0.15) is 0 Å². The van der Waals surface area contributed by atoms with Crippen LogP contribution in [0.1, 0.15) is 0 Å². The van der Waals surface area contributed by atoms with E-state index in [1.165, 1.54) is 6.26 Å². The van der Waals surface area contributed by atoms with Gasteiger partial charge in [0.15, 0.2) is 0 Å². The fourth-order valence-electron chi connectivity index (χ4n) is 2.12. The van der Waals surface area contributed by atoms with Crippen LogP contribution in [0.5, 0.6) is 0 Å². The van der Waals surface area contributed by atoms with Crippen LogP contribution in [0.3, 0.4) is 0 Å². The standard InChI is InChI=1S/C16H13FOP/c17-19(16-12-7-13-18-16,14-8-3-1-4-9-14)15-10-5-2-6-11-15/h1-13H/q+1. The quantitative estimate of drug-likeness (QED) is 0.665. The van der Waals surface area contributed by atoms with Gasteiger partial charge in [0.1, 0.15) is 10.6 Å². The number of rotatable bonds is 3. The van der Waals surface area contributed by atoms with E-state index in [9.17, 15) is 0 Å². The summed E-state index contributed by atoms with van der Waals surface area (Å²) in [7, 11) is -3.15. The van der Waals surface area contributed by atoms with Crippen molar-refractivity contribution in [3.05, 3.63) is 79.1 Å². The molecule has 0 fully saturated rings.